The predicted octanol–water partition coefficient (Wildman–Crippen LogP) is -2.98. The van der Waals surface area contributed by atoms with Crippen LogP contribution in [-0.2, 0) is 30.7 Å². The van der Waals surface area contributed by atoms with Crippen LogP contribution in [0.1, 0.15) is 19.3 Å². The molecule has 0 aromatic carbocycles. The molecule has 1 fully saturated rings. The molecule has 1 saturated carbocycles. The monoisotopic (exact) mass is 411 g/mol. The molecule has 0 bridgehead atoms. The SMILES string of the molecule is O.O.O.O.O=C(O)C1(C(=O)O)CCC1.[Pt]. The molecular weight excluding hydrogens is 395 g/mol. The molecule has 10 N–H and O–H groups in total. The zero-order chi connectivity index (χ0) is 7.78. The average Bonchev–Trinajstić information content (AvgIpc) is 1.57. The minimum absolute atomic E-state index is 0. The molecule has 0 unspecified atom stereocenters. The summed E-state index contributed by atoms with van der Waals surface area (Å²) >= 11 is 0. The first kappa shape index (κ1) is 29.3. The van der Waals surface area contributed by atoms with Crippen LogP contribution in [0.15, 0.2) is 0 Å². The molecule has 0 amide bonds. The van der Waals surface area contributed by atoms with Crippen molar-refractivity contribution in [3.63, 3.8) is 0 Å². The largest absolute Gasteiger partial charge is 0.480 e. The third-order valence-corrected chi connectivity index (χ3v) is 2.03. The number of carbonyl (C=O) groups is 2. The Morgan fingerprint density at radius 1 is 0.867 bits per heavy atom. The Labute approximate surface area is 99.8 Å². The van der Waals surface area contributed by atoms with Crippen LogP contribution in [0, 0.1) is 5.41 Å². The van der Waals surface area contributed by atoms with Gasteiger partial charge in [0.1, 0.15) is 0 Å². The fraction of sp³-hybridized carbons (Fsp3) is 0.667. The van der Waals surface area contributed by atoms with Crippen molar-refractivity contribution < 1.29 is 62.8 Å². The van der Waals surface area contributed by atoms with Gasteiger partial charge in [-0.15, -0.1) is 0 Å². The van der Waals surface area contributed by atoms with Gasteiger partial charge in [-0.05, 0) is 19.3 Å². The molecule has 1 aliphatic rings. The van der Waals surface area contributed by atoms with E-state index in [0.29, 0.717) is 6.42 Å². The van der Waals surface area contributed by atoms with E-state index in [-0.39, 0.29) is 55.8 Å². The first-order chi connectivity index (χ1) is 4.59. The van der Waals surface area contributed by atoms with Gasteiger partial charge in [0.05, 0.1) is 0 Å². The summed E-state index contributed by atoms with van der Waals surface area (Å²) in [6, 6.07) is 0. The summed E-state index contributed by atoms with van der Waals surface area (Å²) in [4.78, 5) is 20.7. The van der Waals surface area contributed by atoms with E-state index in [0.717, 1.165) is 0 Å². The topological polar surface area (TPSA) is 201 Å². The second-order valence-electron chi connectivity index (χ2n) is 2.55. The molecule has 15 heavy (non-hydrogen) atoms. The van der Waals surface area contributed by atoms with Crippen LogP contribution in [0.4, 0.5) is 0 Å². The van der Waals surface area contributed by atoms with Gasteiger partial charge in [0, 0.05) is 21.1 Å². The summed E-state index contributed by atoms with van der Waals surface area (Å²) < 4.78 is 0. The van der Waals surface area contributed by atoms with Gasteiger partial charge in [-0.1, -0.05) is 0 Å². The van der Waals surface area contributed by atoms with Crippen LogP contribution >= 0.6 is 0 Å². The van der Waals surface area contributed by atoms with Crippen molar-refractivity contribution >= 4 is 11.9 Å². The Morgan fingerprint density at radius 3 is 1.13 bits per heavy atom. The van der Waals surface area contributed by atoms with Crippen LogP contribution in [0.5, 0.6) is 0 Å². The second-order valence-corrected chi connectivity index (χ2v) is 2.55. The van der Waals surface area contributed by atoms with E-state index in [9.17, 15) is 9.59 Å². The number of aliphatic carboxylic acids is 2. The fourth-order valence-corrected chi connectivity index (χ4v) is 1.05. The summed E-state index contributed by atoms with van der Waals surface area (Å²) in [7, 11) is 0. The molecule has 1 aliphatic carbocycles. The van der Waals surface area contributed by atoms with E-state index < -0.39 is 17.4 Å². The molecule has 1 rings (SSSR count). The van der Waals surface area contributed by atoms with Crippen molar-refractivity contribution in [2.24, 2.45) is 5.41 Å². The van der Waals surface area contributed by atoms with Crippen LogP contribution in [-0.4, -0.2) is 44.1 Å². The van der Waals surface area contributed by atoms with E-state index >= 15 is 0 Å². The van der Waals surface area contributed by atoms with Gasteiger partial charge in [0.25, 0.3) is 0 Å². The third kappa shape index (κ3) is 4.67. The number of hydrogen-bond acceptors (Lipinski definition) is 2. The molecule has 0 aliphatic heterocycles. The van der Waals surface area contributed by atoms with Gasteiger partial charge in [0.15, 0.2) is 5.41 Å². The summed E-state index contributed by atoms with van der Waals surface area (Å²) in [5.41, 5.74) is -1.44. The van der Waals surface area contributed by atoms with Crippen molar-refractivity contribution in [3.8, 4) is 0 Å². The van der Waals surface area contributed by atoms with E-state index in [1.807, 2.05) is 0 Å². The number of carboxylic acids is 2. The summed E-state index contributed by atoms with van der Waals surface area (Å²) in [6.45, 7) is 0. The summed E-state index contributed by atoms with van der Waals surface area (Å²) in [5, 5.41) is 16.9. The van der Waals surface area contributed by atoms with E-state index in [1.54, 1.807) is 0 Å². The molecular formula is C6H16O8Pt. The first-order valence-electron chi connectivity index (χ1n) is 3.06. The minimum Gasteiger partial charge on any atom is -0.480 e. The molecule has 0 radical (unpaired) electrons. The van der Waals surface area contributed by atoms with Crippen molar-refractivity contribution in [2.75, 3.05) is 0 Å². The van der Waals surface area contributed by atoms with Crippen LogP contribution in [0.25, 0.3) is 0 Å². The maximum Gasteiger partial charge on any atom is 0.321 e. The van der Waals surface area contributed by atoms with Crippen molar-refractivity contribution in [3.05, 3.63) is 0 Å². The molecule has 0 saturated heterocycles. The van der Waals surface area contributed by atoms with Gasteiger partial charge in [-0.2, -0.15) is 0 Å². The van der Waals surface area contributed by atoms with E-state index in [2.05, 4.69) is 0 Å². The van der Waals surface area contributed by atoms with Gasteiger partial charge >= 0.3 is 11.9 Å². The molecule has 9 heteroatoms. The Bertz CT molecular complexity index is 174. The first-order valence-corrected chi connectivity index (χ1v) is 3.06. The van der Waals surface area contributed by atoms with Gasteiger partial charge < -0.3 is 32.1 Å². The molecule has 98 valence electrons. The predicted molar refractivity (Wildman–Crippen MR) is 46.0 cm³/mol. The standard InChI is InChI=1S/C6H8O4.4H2O.Pt/c7-4(8)6(5(9)10)2-1-3-6;;;;;/h1-3H2,(H,7,8)(H,9,10);4*1H2;. The molecule has 0 aromatic heterocycles. The zero-order valence-electron chi connectivity index (χ0n) is 7.65. The quantitative estimate of drug-likeness (QED) is 0.457. The smallest absolute Gasteiger partial charge is 0.321 e. The van der Waals surface area contributed by atoms with Crippen LogP contribution in [0.3, 0.4) is 0 Å². The van der Waals surface area contributed by atoms with E-state index in [1.165, 1.54) is 0 Å². The molecule has 0 heterocycles. The Kier molecular flexibility index (Phi) is 19.5. The second kappa shape index (κ2) is 10.0. The third-order valence-electron chi connectivity index (χ3n) is 2.03. The van der Waals surface area contributed by atoms with Gasteiger partial charge in [0.2, 0.25) is 0 Å². The van der Waals surface area contributed by atoms with Gasteiger partial charge in [-0.3, -0.25) is 9.59 Å². The maximum absolute atomic E-state index is 10.4. The van der Waals surface area contributed by atoms with Crippen LogP contribution in [0.2, 0.25) is 0 Å². The Balaban J connectivity index is -0.0000000667. The minimum atomic E-state index is -1.44. The average molecular weight is 411 g/mol. The molecule has 0 atom stereocenters. The Hall–Kier alpha value is -0.532. The van der Waals surface area contributed by atoms with Crippen molar-refractivity contribution in [2.45, 2.75) is 19.3 Å². The number of rotatable bonds is 2. The Morgan fingerprint density at radius 2 is 1.13 bits per heavy atom. The summed E-state index contributed by atoms with van der Waals surface area (Å²) in [5.74, 6) is -2.41. The van der Waals surface area contributed by atoms with Gasteiger partial charge in [-0.25, -0.2) is 0 Å². The summed E-state index contributed by atoms with van der Waals surface area (Å²) in [6.07, 6.45) is 1.26. The van der Waals surface area contributed by atoms with Crippen LogP contribution < -0.4 is 0 Å². The van der Waals surface area contributed by atoms with E-state index in [4.69, 9.17) is 10.2 Å². The maximum atomic E-state index is 10.4. The molecule has 8 nitrogen and oxygen atoms in total. The van der Waals surface area contributed by atoms with Crippen molar-refractivity contribution in [1.29, 1.82) is 0 Å². The van der Waals surface area contributed by atoms with Crippen molar-refractivity contribution in [1.82, 2.24) is 0 Å². The normalized spacial score (nSPS) is 14.1. The molecule has 0 aromatic rings. The number of hydrogen-bond donors (Lipinski definition) is 2. The fourth-order valence-electron chi connectivity index (χ4n) is 1.05. The number of carboxylic acid groups (broad SMARTS) is 2. The zero-order valence-corrected chi connectivity index (χ0v) is 9.92. The molecule has 0 spiro atoms.